The first kappa shape index (κ1) is 21.4. The average Bonchev–Trinajstić information content (AvgIpc) is 2.77. The highest BCUT2D eigenvalue weighted by molar-refractivity contribution is 5.82. The smallest absolute Gasteiger partial charge is 0.234 e. The van der Waals surface area contributed by atoms with Crippen LogP contribution in [0.5, 0.6) is 0 Å². The molecule has 2 aliphatic heterocycles. The molecule has 2 aliphatic rings. The van der Waals surface area contributed by atoms with Gasteiger partial charge in [-0.25, -0.2) is 0 Å². The number of nitrogens with one attached hydrogen (secondary N) is 2. The van der Waals surface area contributed by atoms with Gasteiger partial charge in [0.15, 0.2) is 0 Å². The van der Waals surface area contributed by atoms with E-state index in [2.05, 4.69) is 38.6 Å². The number of benzene rings is 2. The van der Waals surface area contributed by atoms with Crippen molar-refractivity contribution >= 4 is 17.5 Å². The van der Waals surface area contributed by atoms with Gasteiger partial charge in [-0.2, -0.15) is 0 Å². The van der Waals surface area contributed by atoms with Gasteiger partial charge in [0.25, 0.3) is 0 Å². The van der Waals surface area contributed by atoms with Crippen LogP contribution in [0.2, 0.25) is 0 Å². The molecule has 2 aromatic carbocycles. The largest absolute Gasteiger partial charge is 0.365 e. The number of carbonyl (C=O) groups excluding carboxylic acids is 2. The summed E-state index contributed by atoms with van der Waals surface area (Å²) < 4.78 is 0. The van der Waals surface area contributed by atoms with Gasteiger partial charge in [0.05, 0.1) is 18.5 Å². The summed E-state index contributed by atoms with van der Waals surface area (Å²) in [6.45, 7) is 7.20. The van der Waals surface area contributed by atoms with Crippen molar-refractivity contribution in [1.29, 1.82) is 0 Å². The van der Waals surface area contributed by atoms with Crippen LogP contribution < -0.4 is 15.5 Å². The van der Waals surface area contributed by atoms with Crippen LogP contribution in [0.15, 0.2) is 54.6 Å². The molecule has 0 spiro atoms. The van der Waals surface area contributed by atoms with Crippen molar-refractivity contribution in [3.05, 3.63) is 65.7 Å². The van der Waals surface area contributed by atoms with E-state index in [-0.39, 0.29) is 29.8 Å². The highest BCUT2D eigenvalue weighted by Gasteiger charge is 2.41. The summed E-state index contributed by atoms with van der Waals surface area (Å²) in [5, 5.41) is 6.13. The molecule has 1 fully saturated rings. The van der Waals surface area contributed by atoms with Gasteiger partial charge in [0, 0.05) is 37.9 Å². The Morgan fingerprint density at radius 1 is 1.03 bits per heavy atom. The quantitative estimate of drug-likeness (QED) is 0.752. The Morgan fingerprint density at radius 2 is 1.77 bits per heavy atom. The fourth-order valence-electron chi connectivity index (χ4n) is 4.75. The number of piperazine rings is 1. The molecule has 0 saturated carbocycles. The van der Waals surface area contributed by atoms with Gasteiger partial charge in [-0.05, 0) is 37.5 Å². The molecule has 0 radical (unpaired) electrons. The molecule has 0 aliphatic carbocycles. The van der Waals surface area contributed by atoms with Crippen molar-refractivity contribution in [2.24, 2.45) is 5.92 Å². The second kappa shape index (κ2) is 9.52. The van der Waals surface area contributed by atoms with E-state index in [1.165, 1.54) is 11.3 Å². The zero-order valence-corrected chi connectivity index (χ0v) is 18.4. The van der Waals surface area contributed by atoms with Gasteiger partial charge in [0.1, 0.15) is 0 Å². The zero-order chi connectivity index (χ0) is 21.8. The molecule has 2 amide bonds. The Kier molecular flexibility index (Phi) is 6.56. The van der Waals surface area contributed by atoms with Crippen LogP contribution in [0.4, 0.5) is 5.69 Å². The number of fused-ring (bicyclic) bond motifs is 3. The summed E-state index contributed by atoms with van der Waals surface area (Å²) in [5.74, 6) is -0.0128. The molecule has 2 heterocycles. The van der Waals surface area contributed by atoms with E-state index in [0.717, 1.165) is 25.1 Å². The first-order chi connectivity index (χ1) is 15.0. The molecule has 2 unspecified atom stereocenters. The lowest BCUT2D eigenvalue weighted by Crippen LogP contribution is -2.62. The minimum absolute atomic E-state index is 0.0461. The Bertz CT molecular complexity index is 915. The van der Waals surface area contributed by atoms with Gasteiger partial charge in [0.2, 0.25) is 11.8 Å². The highest BCUT2D eigenvalue weighted by atomic mass is 16.2. The molecule has 2 N–H and O–H groups in total. The number of para-hydroxylation sites is 1. The molecule has 2 aromatic rings. The molecular formula is C25H32N4O2. The number of anilines is 1. The van der Waals surface area contributed by atoms with Gasteiger partial charge in [-0.3, -0.25) is 14.5 Å². The maximum absolute atomic E-state index is 13.3. The summed E-state index contributed by atoms with van der Waals surface area (Å²) in [7, 11) is 0. The van der Waals surface area contributed by atoms with Crippen molar-refractivity contribution in [2.75, 3.05) is 31.1 Å². The topological polar surface area (TPSA) is 64.7 Å². The number of hydrogen-bond donors (Lipinski definition) is 2. The first-order valence-electron chi connectivity index (χ1n) is 11.2. The molecule has 164 valence electrons. The van der Waals surface area contributed by atoms with Gasteiger partial charge in [-0.1, -0.05) is 48.5 Å². The molecule has 31 heavy (non-hydrogen) atoms. The summed E-state index contributed by atoms with van der Waals surface area (Å²) >= 11 is 0. The van der Waals surface area contributed by atoms with Crippen molar-refractivity contribution < 1.29 is 9.59 Å². The normalized spacial score (nSPS) is 20.7. The van der Waals surface area contributed by atoms with Crippen molar-refractivity contribution in [2.45, 2.75) is 38.9 Å². The second-order valence-electron chi connectivity index (χ2n) is 8.86. The number of nitrogens with zero attached hydrogens (tertiary/aromatic N) is 2. The lowest BCUT2D eigenvalue weighted by molar-refractivity contribution is -0.126. The van der Waals surface area contributed by atoms with Crippen LogP contribution in [0.1, 0.15) is 25.0 Å². The van der Waals surface area contributed by atoms with Crippen LogP contribution in [0.3, 0.4) is 0 Å². The monoisotopic (exact) mass is 420 g/mol. The Morgan fingerprint density at radius 3 is 2.55 bits per heavy atom. The lowest BCUT2D eigenvalue weighted by atomic mass is 9.83. The number of amides is 2. The number of hydrogen-bond acceptors (Lipinski definition) is 4. The van der Waals surface area contributed by atoms with E-state index in [0.29, 0.717) is 19.6 Å². The van der Waals surface area contributed by atoms with E-state index in [9.17, 15) is 9.59 Å². The third-order valence-corrected chi connectivity index (χ3v) is 6.17. The van der Waals surface area contributed by atoms with E-state index in [1.807, 2.05) is 50.2 Å². The Balaban J connectivity index is 1.49. The van der Waals surface area contributed by atoms with E-state index >= 15 is 0 Å². The van der Waals surface area contributed by atoms with Crippen molar-refractivity contribution in [3.63, 3.8) is 0 Å². The molecular weight excluding hydrogens is 388 g/mol. The molecule has 6 nitrogen and oxygen atoms in total. The van der Waals surface area contributed by atoms with Crippen LogP contribution in [-0.4, -0.2) is 55.0 Å². The summed E-state index contributed by atoms with van der Waals surface area (Å²) in [5.41, 5.74) is 3.55. The average molecular weight is 421 g/mol. The fraction of sp³-hybridized carbons (Fsp3) is 0.440. The molecule has 0 bridgehead atoms. The van der Waals surface area contributed by atoms with Crippen LogP contribution in [0, 0.1) is 5.92 Å². The zero-order valence-electron chi connectivity index (χ0n) is 18.4. The standard InChI is InChI=1S/C25H32N4O2/c1-18(2)27-24(30)17-28-12-13-29-22-11-7-6-10-20(22)14-21(23(29)16-28)25(31)26-15-19-8-4-3-5-9-19/h3-11,18,21,23H,12-17H2,1-2H3,(H,26,31)(H,27,30). The minimum atomic E-state index is -0.144. The lowest BCUT2D eigenvalue weighted by Gasteiger charge is -2.49. The maximum atomic E-state index is 13.3. The first-order valence-corrected chi connectivity index (χ1v) is 11.2. The van der Waals surface area contributed by atoms with Crippen LogP contribution >= 0.6 is 0 Å². The predicted octanol–water partition coefficient (Wildman–Crippen LogP) is 2.19. The van der Waals surface area contributed by atoms with Crippen LogP contribution in [-0.2, 0) is 22.6 Å². The third-order valence-electron chi connectivity index (χ3n) is 6.17. The molecule has 0 aromatic heterocycles. The van der Waals surface area contributed by atoms with E-state index in [4.69, 9.17) is 0 Å². The Labute approximate surface area is 184 Å². The van der Waals surface area contributed by atoms with Gasteiger partial charge < -0.3 is 15.5 Å². The number of carbonyl (C=O) groups is 2. The van der Waals surface area contributed by atoms with E-state index in [1.54, 1.807) is 0 Å². The van der Waals surface area contributed by atoms with Crippen molar-refractivity contribution in [1.82, 2.24) is 15.5 Å². The molecule has 4 rings (SSSR count). The predicted molar refractivity (Wildman–Crippen MR) is 123 cm³/mol. The van der Waals surface area contributed by atoms with E-state index < -0.39 is 0 Å². The van der Waals surface area contributed by atoms with Crippen LogP contribution in [0.25, 0.3) is 0 Å². The Hall–Kier alpha value is -2.86. The summed E-state index contributed by atoms with van der Waals surface area (Å²) in [6.07, 6.45) is 0.726. The minimum Gasteiger partial charge on any atom is -0.365 e. The van der Waals surface area contributed by atoms with Crippen molar-refractivity contribution in [3.8, 4) is 0 Å². The SMILES string of the molecule is CC(C)NC(=O)CN1CCN2c3ccccc3CC(C(=O)NCc3ccccc3)C2C1. The van der Waals surface area contributed by atoms with Gasteiger partial charge in [-0.15, -0.1) is 0 Å². The summed E-state index contributed by atoms with van der Waals surface area (Å²) in [4.78, 5) is 30.1. The molecule has 2 atom stereocenters. The second-order valence-corrected chi connectivity index (χ2v) is 8.86. The number of rotatable bonds is 6. The molecule has 6 heteroatoms. The fourth-order valence-corrected chi connectivity index (χ4v) is 4.75. The maximum Gasteiger partial charge on any atom is 0.234 e. The van der Waals surface area contributed by atoms with Gasteiger partial charge >= 0.3 is 0 Å². The third kappa shape index (κ3) is 5.07. The molecule has 1 saturated heterocycles. The highest BCUT2D eigenvalue weighted by Crippen LogP contribution is 2.35. The summed E-state index contributed by atoms with van der Waals surface area (Å²) in [6, 6.07) is 18.6.